The highest BCUT2D eigenvalue weighted by atomic mass is 28.3. The maximum absolute atomic E-state index is 11.9. The molecule has 3 nitrogen and oxygen atoms in total. The fourth-order valence-corrected chi connectivity index (χ4v) is 4.56. The van der Waals surface area contributed by atoms with Crippen LogP contribution in [0.5, 0.6) is 0 Å². The molecular formula is C11H23NO2Si. The van der Waals surface area contributed by atoms with Crippen LogP contribution in [0.4, 0.5) is 0 Å². The number of ether oxygens (including phenoxy) is 1. The third kappa shape index (κ3) is 4.34. The summed E-state index contributed by atoms with van der Waals surface area (Å²) < 4.78 is 5.41. The standard InChI is InChI=1S/C11H23NO2Si/c1-11(2,3)14-10(13)9-6-12-8-15(4,5)7-9/h9,12H,6-8H2,1-5H3. The van der Waals surface area contributed by atoms with Gasteiger partial charge in [-0.05, 0) is 33.0 Å². The van der Waals surface area contributed by atoms with Gasteiger partial charge in [0, 0.05) is 6.54 Å². The van der Waals surface area contributed by atoms with Crippen molar-refractivity contribution in [2.45, 2.75) is 45.5 Å². The fourth-order valence-electron chi connectivity index (χ4n) is 1.95. The van der Waals surface area contributed by atoms with E-state index in [0.717, 1.165) is 18.8 Å². The predicted molar refractivity (Wildman–Crippen MR) is 64.5 cm³/mol. The van der Waals surface area contributed by atoms with Gasteiger partial charge in [0.1, 0.15) is 5.60 Å². The van der Waals surface area contributed by atoms with Crippen LogP contribution >= 0.6 is 0 Å². The second kappa shape index (κ2) is 4.26. The first-order valence-corrected chi connectivity index (χ1v) is 9.05. The van der Waals surface area contributed by atoms with Gasteiger partial charge in [-0.2, -0.15) is 0 Å². The molecule has 1 aliphatic heterocycles. The number of hydrogen-bond acceptors (Lipinski definition) is 3. The van der Waals surface area contributed by atoms with Crippen molar-refractivity contribution < 1.29 is 9.53 Å². The summed E-state index contributed by atoms with van der Waals surface area (Å²) in [5.74, 6) is 0.0370. The first kappa shape index (κ1) is 12.7. The molecule has 0 bridgehead atoms. The zero-order valence-electron chi connectivity index (χ0n) is 10.5. The third-order valence-corrected chi connectivity index (χ3v) is 5.34. The Morgan fingerprint density at radius 2 is 2.00 bits per heavy atom. The van der Waals surface area contributed by atoms with Gasteiger partial charge in [-0.15, -0.1) is 0 Å². The maximum atomic E-state index is 11.9. The largest absolute Gasteiger partial charge is 0.460 e. The van der Waals surface area contributed by atoms with Crippen molar-refractivity contribution in [1.29, 1.82) is 0 Å². The fraction of sp³-hybridized carbons (Fsp3) is 0.909. The van der Waals surface area contributed by atoms with E-state index >= 15 is 0 Å². The summed E-state index contributed by atoms with van der Waals surface area (Å²) >= 11 is 0. The van der Waals surface area contributed by atoms with Crippen LogP contribution in [0.3, 0.4) is 0 Å². The highest BCUT2D eigenvalue weighted by Crippen LogP contribution is 2.23. The van der Waals surface area contributed by atoms with Crippen molar-refractivity contribution in [3.63, 3.8) is 0 Å². The zero-order valence-corrected chi connectivity index (χ0v) is 11.5. The molecule has 1 heterocycles. The molecule has 0 amide bonds. The van der Waals surface area contributed by atoms with Gasteiger partial charge in [-0.25, -0.2) is 0 Å². The Kier molecular flexibility index (Phi) is 3.61. The number of esters is 1. The van der Waals surface area contributed by atoms with Gasteiger partial charge in [0.15, 0.2) is 0 Å². The molecule has 0 radical (unpaired) electrons. The van der Waals surface area contributed by atoms with Crippen LogP contribution in [-0.2, 0) is 9.53 Å². The average Bonchev–Trinajstić information content (AvgIpc) is 1.99. The maximum Gasteiger partial charge on any atom is 0.310 e. The van der Waals surface area contributed by atoms with Gasteiger partial charge >= 0.3 is 5.97 Å². The molecule has 1 aliphatic rings. The zero-order chi connectivity index (χ0) is 11.7. The van der Waals surface area contributed by atoms with E-state index in [0.29, 0.717) is 0 Å². The average molecular weight is 229 g/mol. The van der Waals surface area contributed by atoms with E-state index < -0.39 is 8.07 Å². The first-order chi connectivity index (χ1) is 6.70. The Labute approximate surface area is 93.6 Å². The Morgan fingerprint density at radius 3 is 2.47 bits per heavy atom. The van der Waals surface area contributed by atoms with Gasteiger partial charge < -0.3 is 10.1 Å². The summed E-state index contributed by atoms with van der Waals surface area (Å²) in [6.07, 6.45) is 1.12. The van der Waals surface area contributed by atoms with Gasteiger partial charge in [0.25, 0.3) is 0 Å². The number of hydrogen-bond donors (Lipinski definition) is 1. The molecule has 15 heavy (non-hydrogen) atoms. The van der Waals surface area contributed by atoms with E-state index in [4.69, 9.17) is 4.74 Å². The summed E-state index contributed by atoms with van der Waals surface area (Å²) in [7, 11) is -1.20. The lowest BCUT2D eigenvalue weighted by Gasteiger charge is -2.34. The van der Waals surface area contributed by atoms with Crippen molar-refractivity contribution in [2.24, 2.45) is 5.92 Å². The van der Waals surface area contributed by atoms with Crippen LogP contribution in [0.25, 0.3) is 0 Å². The highest BCUT2D eigenvalue weighted by Gasteiger charge is 2.35. The lowest BCUT2D eigenvalue weighted by Crippen LogP contribution is -2.51. The van der Waals surface area contributed by atoms with Crippen LogP contribution in [0.1, 0.15) is 20.8 Å². The van der Waals surface area contributed by atoms with E-state index in [1.54, 1.807) is 0 Å². The van der Waals surface area contributed by atoms with Crippen LogP contribution in [-0.4, -0.2) is 32.4 Å². The molecule has 0 aromatic heterocycles. The molecule has 0 saturated carbocycles. The second-order valence-electron chi connectivity index (χ2n) is 6.23. The predicted octanol–water partition coefficient (Wildman–Crippen LogP) is 1.80. The summed E-state index contributed by atoms with van der Waals surface area (Å²) in [6.45, 7) is 11.2. The van der Waals surface area contributed by atoms with Crippen LogP contribution in [0.2, 0.25) is 19.1 Å². The molecule has 0 spiro atoms. The molecule has 4 heteroatoms. The molecule has 1 saturated heterocycles. The molecule has 1 atom stereocenters. The lowest BCUT2D eigenvalue weighted by molar-refractivity contribution is -0.159. The van der Waals surface area contributed by atoms with Gasteiger partial charge in [-0.1, -0.05) is 13.1 Å². The summed E-state index contributed by atoms with van der Waals surface area (Å²) in [4.78, 5) is 11.9. The van der Waals surface area contributed by atoms with Crippen molar-refractivity contribution in [1.82, 2.24) is 5.32 Å². The number of carbonyl (C=O) groups is 1. The van der Waals surface area contributed by atoms with E-state index in [9.17, 15) is 4.79 Å². The molecule has 0 aliphatic carbocycles. The Balaban J connectivity index is 2.53. The van der Waals surface area contributed by atoms with Crippen molar-refractivity contribution >= 4 is 14.0 Å². The molecular weight excluding hydrogens is 206 g/mol. The number of nitrogens with one attached hydrogen (secondary N) is 1. The molecule has 1 fully saturated rings. The van der Waals surface area contributed by atoms with Crippen molar-refractivity contribution in [2.75, 3.05) is 12.7 Å². The summed E-state index contributed by atoms with van der Waals surface area (Å²) in [6, 6.07) is 1.05. The Bertz CT molecular complexity index is 245. The van der Waals surface area contributed by atoms with Gasteiger partial charge in [0.05, 0.1) is 14.0 Å². The molecule has 1 N–H and O–H groups in total. The minimum atomic E-state index is -1.20. The molecule has 0 aromatic rings. The van der Waals surface area contributed by atoms with Crippen LogP contribution < -0.4 is 5.32 Å². The molecule has 0 aromatic carbocycles. The normalized spacial score (nSPS) is 26.1. The molecule has 88 valence electrons. The van der Waals surface area contributed by atoms with E-state index in [2.05, 4.69) is 18.4 Å². The van der Waals surface area contributed by atoms with E-state index in [-0.39, 0.29) is 17.5 Å². The monoisotopic (exact) mass is 229 g/mol. The van der Waals surface area contributed by atoms with Crippen LogP contribution in [0.15, 0.2) is 0 Å². The number of rotatable bonds is 1. The van der Waals surface area contributed by atoms with Gasteiger partial charge in [-0.3, -0.25) is 4.79 Å². The van der Waals surface area contributed by atoms with E-state index in [1.165, 1.54) is 0 Å². The first-order valence-electron chi connectivity index (χ1n) is 5.63. The lowest BCUT2D eigenvalue weighted by atomic mass is 10.1. The molecule has 1 rings (SSSR count). The minimum Gasteiger partial charge on any atom is -0.460 e. The Morgan fingerprint density at radius 1 is 1.40 bits per heavy atom. The van der Waals surface area contributed by atoms with Crippen molar-refractivity contribution in [3.8, 4) is 0 Å². The summed E-state index contributed by atoms with van der Waals surface area (Å²) in [5.41, 5.74) is -0.361. The van der Waals surface area contributed by atoms with E-state index in [1.807, 2.05) is 20.8 Å². The van der Waals surface area contributed by atoms with Crippen LogP contribution in [0, 0.1) is 5.92 Å². The summed E-state index contributed by atoms with van der Waals surface area (Å²) in [5, 5.41) is 3.35. The number of carbonyl (C=O) groups excluding carboxylic acids is 1. The van der Waals surface area contributed by atoms with Gasteiger partial charge in [0.2, 0.25) is 0 Å². The Hall–Kier alpha value is -0.353. The smallest absolute Gasteiger partial charge is 0.310 e. The second-order valence-corrected chi connectivity index (χ2v) is 11.3. The SMILES string of the molecule is CC(C)(C)OC(=O)C1CNC[Si](C)(C)C1. The minimum absolute atomic E-state index is 0.0322. The quantitative estimate of drug-likeness (QED) is 0.550. The third-order valence-electron chi connectivity index (χ3n) is 2.53. The topological polar surface area (TPSA) is 38.3 Å². The highest BCUT2D eigenvalue weighted by molar-refractivity contribution is 6.78. The van der Waals surface area contributed by atoms with Crippen molar-refractivity contribution in [3.05, 3.63) is 0 Å². The molecule has 1 unspecified atom stereocenters.